The fraction of sp³-hybridized carbons (Fsp3) is 0.300. The zero-order valence-electron chi connectivity index (χ0n) is 21.2. The van der Waals surface area contributed by atoms with Crippen LogP contribution in [0, 0.1) is 0 Å². The van der Waals surface area contributed by atoms with Gasteiger partial charge < -0.3 is 19.5 Å². The Hall–Kier alpha value is -4.13. The molecule has 1 fully saturated rings. The van der Waals surface area contributed by atoms with Gasteiger partial charge >= 0.3 is 0 Å². The summed E-state index contributed by atoms with van der Waals surface area (Å²) in [5.74, 6) is -0.304. The molecule has 1 aliphatic rings. The van der Waals surface area contributed by atoms with Crippen molar-refractivity contribution in [2.75, 3.05) is 13.2 Å². The van der Waals surface area contributed by atoms with Gasteiger partial charge in [-0.05, 0) is 66.4 Å². The van der Waals surface area contributed by atoms with E-state index in [4.69, 9.17) is 9.47 Å². The molecule has 3 aromatic rings. The first-order valence-electron chi connectivity index (χ1n) is 12.7. The minimum Gasteiger partial charge on any atom is -0.507 e. The second kappa shape index (κ2) is 12.2. The Morgan fingerprint density at radius 3 is 2.43 bits per heavy atom. The van der Waals surface area contributed by atoms with Crippen LogP contribution in [0.3, 0.4) is 0 Å². The van der Waals surface area contributed by atoms with Crippen molar-refractivity contribution in [3.63, 3.8) is 0 Å². The Bertz CT molecular complexity index is 1250. The molecule has 1 amide bonds. The first-order valence-corrected chi connectivity index (χ1v) is 12.7. The summed E-state index contributed by atoms with van der Waals surface area (Å²) in [5, 5.41) is 11.3. The van der Waals surface area contributed by atoms with Crippen molar-refractivity contribution >= 4 is 17.4 Å². The van der Waals surface area contributed by atoms with E-state index in [1.165, 1.54) is 4.90 Å². The second-order valence-electron chi connectivity index (χ2n) is 8.94. The molecule has 2 heterocycles. The highest BCUT2D eigenvalue weighted by Gasteiger charge is 2.46. The highest BCUT2D eigenvalue weighted by atomic mass is 16.5. The topological polar surface area (TPSA) is 89.0 Å². The monoisotopic (exact) mass is 500 g/mol. The third-order valence-electron chi connectivity index (χ3n) is 6.16. The number of likely N-dealkylation sites (tertiary alicyclic amines) is 1. The maximum Gasteiger partial charge on any atom is 0.295 e. The summed E-state index contributed by atoms with van der Waals surface area (Å²) in [5.41, 5.74) is 1.94. The molecule has 7 heteroatoms. The maximum atomic E-state index is 13.3. The summed E-state index contributed by atoms with van der Waals surface area (Å²) in [6.07, 6.45) is 6.12. The van der Waals surface area contributed by atoms with Crippen LogP contribution in [0.25, 0.3) is 5.76 Å². The third kappa shape index (κ3) is 6.00. The van der Waals surface area contributed by atoms with Gasteiger partial charge in [-0.2, -0.15) is 0 Å². The van der Waals surface area contributed by atoms with E-state index < -0.39 is 17.7 Å². The molecule has 0 radical (unpaired) electrons. The van der Waals surface area contributed by atoms with Crippen LogP contribution < -0.4 is 9.47 Å². The highest BCUT2D eigenvalue weighted by molar-refractivity contribution is 6.46. The number of amides is 1. The van der Waals surface area contributed by atoms with Gasteiger partial charge in [0.1, 0.15) is 17.3 Å². The molecular weight excluding hydrogens is 468 g/mol. The molecule has 1 saturated heterocycles. The van der Waals surface area contributed by atoms with Gasteiger partial charge in [-0.25, -0.2) is 0 Å². The number of hydrogen-bond acceptors (Lipinski definition) is 6. The van der Waals surface area contributed by atoms with Gasteiger partial charge in [-0.1, -0.05) is 38.5 Å². The normalized spacial score (nSPS) is 16.7. The molecule has 0 spiro atoms. The Morgan fingerprint density at radius 2 is 1.73 bits per heavy atom. The largest absolute Gasteiger partial charge is 0.507 e. The van der Waals surface area contributed by atoms with Crippen molar-refractivity contribution in [3.05, 3.63) is 95.3 Å². The van der Waals surface area contributed by atoms with Crippen molar-refractivity contribution < 1.29 is 24.2 Å². The van der Waals surface area contributed by atoms with Crippen LogP contribution in [0.5, 0.6) is 11.5 Å². The molecule has 0 saturated carbocycles. The molecular formula is C30H32N2O5. The lowest BCUT2D eigenvalue weighted by Crippen LogP contribution is -2.29. The summed E-state index contributed by atoms with van der Waals surface area (Å²) in [4.78, 5) is 32.2. The van der Waals surface area contributed by atoms with Gasteiger partial charge in [-0.15, -0.1) is 0 Å². The molecule has 37 heavy (non-hydrogen) atoms. The number of aliphatic hydroxyl groups excluding tert-OH is 1. The number of Topliss-reactive ketones (excluding diaryl/α,β-unsaturated/α-hetero) is 1. The molecule has 4 rings (SSSR count). The fourth-order valence-corrected chi connectivity index (χ4v) is 4.27. The first kappa shape index (κ1) is 25.9. The van der Waals surface area contributed by atoms with Crippen LogP contribution in [0.2, 0.25) is 0 Å². The number of pyridine rings is 1. The average Bonchev–Trinajstić information content (AvgIpc) is 3.17. The number of ketones is 1. The van der Waals surface area contributed by atoms with Crippen LogP contribution in [-0.4, -0.2) is 39.9 Å². The van der Waals surface area contributed by atoms with Crippen molar-refractivity contribution in [2.24, 2.45) is 0 Å². The molecule has 0 aliphatic carbocycles. The number of aliphatic hydroxyl groups is 1. The lowest BCUT2D eigenvalue weighted by atomic mass is 9.95. The van der Waals surface area contributed by atoms with E-state index in [0.29, 0.717) is 35.8 Å². The van der Waals surface area contributed by atoms with Crippen LogP contribution in [0.15, 0.2) is 78.6 Å². The van der Waals surface area contributed by atoms with Gasteiger partial charge in [0, 0.05) is 24.5 Å². The van der Waals surface area contributed by atoms with E-state index in [0.717, 1.165) is 24.8 Å². The molecule has 1 aromatic heterocycles. The zero-order valence-corrected chi connectivity index (χ0v) is 21.2. The number of carbonyl (C=O) groups excluding carboxylic acids is 2. The molecule has 1 N–H and O–H groups in total. The summed E-state index contributed by atoms with van der Waals surface area (Å²) in [6, 6.07) is 17.1. The Morgan fingerprint density at radius 1 is 0.946 bits per heavy atom. The molecule has 1 aliphatic heterocycles. The Labute approximate surface area is 217 Å². The zero-order chi connectivity index (χ0) is 26.2. The van der Waals surface area contributed by atoms with Crippen molar-refractivity contribution in [1.82, 2.24) is 9.88 Å². The molecule has 7 nitrogen and oxygen atoms in total. The SMILES string of the molecule is CCCCOc1cccc(C2/C(=C(\O)c3ccc(OCCC)cc3)C(=O)C(=O)N2Cc2cccnc2)c1. The van der Waals surface area contributed by atoms with E-state index in [2.05, 4.69) is 11.9 Å². The first-order chi connectivity index (χ1) is 18.0. The van der Waals surface area contributed by atoms with Gasteiger partial charge in [0.25, 0.3) is 11.7 Å². The maximum absolute atomic E-state index is 13.3. The van der Waals surface area contributed by atoms with E-state index in [1.54, 1.807) is 42.7 Å². The summed E-state index contributed by atoms with van der Waals surface area (Å²) < 4.78 is 11.5. The Kier molecular flexibility index (Phi) is 8.56. The van der Waals surface area contributed by atoms with Crippen LogP contribution in [0.4, 0.5) is 0 Å². The van der Waals surface area contributed by atoms with Gasteiger partial charge in [-0.3, -0.25) is 14.6 Å². The second-order valence-corrected chi connectivity index (χ2v) is 8.94. The van der Waals surface area contributed by atoms with Gasteiger partial charge in [0.15, 0.2) is 0 Å². The molecule has 2 aromatic carbocycles. The minimum atomic E-state index is -0.786. The van der Waals surface area contributed by atoms with Crippen molar-refractivity contribution in [3.8, 4) is 11.5 Å². The molecule has 192 valence electrons. The predicted molar refractivity (Wildman–Crippen MR) is 141 cm³/mol. The fourth-order valence-electron chi connectivity index (χ4n) is 4.27. The van der Waals surface area contributed by atoms with E-state index in [1.807, 2.05) is 37.3 Å². The number of carbonyl (C=O) groups is 2. The van der Waals surface area contributed by atoms with Crippen molar-refractivity contribution in [1.29, 1.82) is 0 Å². The average molecular weight is 501 g/mol. The van der Waals surface area contributed by atoms with Crippen LogP contribution in [-0.2, 0) is 16.1 Å². The number of nitrogens with zero attached hydrogens (tertiary/aromatic N) is 2. The Balaban J connectivity index is 1.76. The third-order valence-corrected chi connectivity index (χ3v) is 6.16. The standard InChI is InChI=1S/C30H32N2O5/c1-3-5-17-37-25-10-6-9-23(18-25)27-26(28(33)22-11-13-24(14-12-22)36-16-4-2)29(34)30(35)32(27)20-21-8-7-15-31-19-21/h6-15,18-19,27,33H,3-5,16-17,20H2,1-2H3/b28-26+. The van der Waals surface area contributed by atoms with Gasteiger partial charge in [0.05, 0.1) is 24.8 Å². The number of ether oxygens (including phenoxy) is 2. The molecule has 1 atom stereocenters. The van der Waals surface area contributed by atoms with Gasteiger partial charge in [0.2, 0.25) is 0 Å². The number of benzene rings is 2. The van der Waals surface area contributed by atoms with Crippen molar-refractivity contribution in [2.45, 2.75) is 45.7 Å². The number of hydrogen-bond donors (Lipinski definition) is 1. The van der Waals surface area contributed by atoms with Crippen LogP contribution >= 0.6 is 0 Å². The number of rotatable bonds is 11. The summed E-state index contributed by atoms with van der Waals surface area (Å²) in [6.45, 7) is 5.44. The summed E-state index contributed by atoms with van der Waals surface area (Å²) in [7, 11) is 0. The number of unbranched alkanes of at least 4 members (excludes halogenated alkanes) is 1. The predicted octanol–water partition coefficient (Wildman–Crippen LogP) is 5.67. The van der Waals surface area contributed by atoms with E-state index in [-0.39, 0.29) is 17.9 Å². The molecule has 0 bridgehead atoms. The van der Waals surface area contributed by atoms with Crippen LogP contribution in [0.1, 0.15) is 55.8 Å². The molecule has 1 unspecified atom stereocenters. The van der Waals surface area contributed by atoms with E-state index in [9.17, 15) is 14.7 Å². The smallest absolute Gasteiger partial charge is 0.295 e. The highest BCUT2D eigenvalue weighted by Crippen LogP contribution is 2.41. The minimum absolute atomic E-state index is 0.0434. The quantitative estimate of drug-likeness (QED) is 0.158. The number of aromatic nitrogens is 1. The lowest BCUT2D eigenvalue weighted by molar-refractivity contribution is -0.140. The van der Waals surface area contributed by atoms with E-state index >= 15 is 0 Å². The summed E-state index contributed by atoms with van der Waals surface area (Å²) >= 11 is 0. The lowest BCUT2D eigenvalue weighted by Gasteiger charge is -2.25.